The van der Waals surface area contributed by atoms with Crippen LogP contribution in [0.5, 0.6) is 11.5 Å². The maximum Gasteiger partial charge on any atom is 0.283 e. The molecule has 40 heavy (non-hydrogen) atoms. The summed E-state index contributed by atoms with van der Waals surface area (Å²) < 4.78 is 19.0. The van der Waals surface area contributed by atoms with E-state index in [0.29, 0.717) is 23.0 Å². The second kappa shape index (κ2) is 11.7. The molecular formula is C32H28N2O4S2. The van der Waals surface area contributed by atoms with Crippen LogP contribution in [0.4, 0.5) is 5.69 Å². The highest BCUT2D eigenvalue weighted by Crippen LogP contribution is 2.38. The monoisotopic (exact) mass is 568 g/mol. The molecule has 0 aliphatic carbocycles. The number of hydrogen-bond donors (Lipinski definition) is 0. The first kappa shape index (κ1) is 26.4. The fourth-order valence-electron chi connectivity index (χ4n) is 4.43. The molecule has 0 radical (unpaired) electrons. The van der Waals surface area contributed by atoms with Crippen LogP contribution in [0, 0.1) is 13.8 Å². The van der Waals surface area contributed by atoms with Gasteiger partial charge in [-0.3, -0.25) is 9.69 Å². The van der Waals surface area contributed by atoms with Crippen molar-refractivity contribution in [2.45, 2.75) is 38.1 Å². The van der Waals surface area contributed by atoms with E-state index in [-0.39, 0.29) is 17.4 Å². The summed E-state index contributed by atoms with van der Waals surface area (Å²) >= 11 is 2.97. The van der Waals surface area contributed by atoms with Crippen molar-refractivity contribution in [1.82, 2.24) is 0 Å². The van der Waals surface area contributed by atoms with Gasteiger partial charge in [0.2, 0.25) is 6.29 Å². The summed E-state index contributed by atoms with van der Waals surface area (Å²) in [5, 5.41) is 2.55. The summed E-state index contributed by atoms with van der Waals surface area (Å²) in [6.07, 6.45) is 1.39. The highest BCUT2D eigenvalue weighted by Gasteiger charge is 2.42. The van der Waals surface area contributed by atoms with E-state index in [4.69, 9.17) is 19.2 Å². The lowest BCUT2D eigenvalue weighted by atomic mass is 10.2. The SMILES string of the molecule is Cc1ccc(O[C@H]2O[C@@H](SC3=N/C(=C\c4cccs4)C(=O)N3c3ccccc3)C[C@@H]2Oc2ccc(C)cc2)cc1. The van der Waals surface area contributed by atoms with E-state index in [1.165, 1.54) is 11.8 Å². The zero-order chi connectivity index (χ0) is 27.5. The van der Waals surface area contributed by atoms with Gasteiger partial charge in [-0.25, -0.2) is 4.99 Å². The third kappa shape index (κ3) is 5.99. The highest BCUT2D eigenvalue weighted by molar-refractivity contribution is 8.14. The number of hydrogen-bond acceptors (Lipinski definition) is 7. The van der Waals surface area contributed by atoms with Crippen LogP contribution in [0.2, 0.25) is 0 Å². The summed E-state index contributed by atoms with van der Waals surface area (Å²) in [7, 11) is 0. The molecule has 3 aromatic carbocycles. The largest absolute Gasteiger partial charge is 0.484 e. The lowest BCUT2D eigenvalue weighted by molar-refractivity contribution is -0.113. The molecule has 4 aromatic rings. The smallest absolute Gasteiger partial charge is 0.283 e. The summed E-state index contributed by atoms with van der Waals surface area (Å²) in [6.45, 7) is 4.08. The Bertz CT molecular complexity index is 1460. The van der Waals surface area contributed by atoms with Crippen molar-refractivity contribution in [1.29, 1.82) is 0 Å². The molecule has 3 atom stereocenters. The maximum atomic E-state index is 13.5. The minimum Gasteiger partial charge on any atom is -0.484 e. The average Bonchev–Trinajstić information content (AvgIpc) is 3.68. The van der Waals surface area contributed by atoms with Crippen molar-refractivity contribution < 1.29 is 19.0 Å². The molecule has 0 spiro atoms. The standard InChI is InChI=1S/C32H28N2O4S2/c1-21-10-14-24(15-11-21)36-28-20-29(38-31(28)37-25-16-12-22(2)13-17-25)40-32-33-27(19-26-9-6-18-39-26)30(35)34(32)23-7-4-3-5-8-23/h3-19,28-29,31H,20H2,1-2H3/b27-19-/t28-,29-,31-/m0/s1. The number of amidine groups is 1. The molecule has 202 valence electrons. The van der Waals surface area contributed by atoms with Gasteiger partial charge in [0, 0.05) is 11.3 Å². The second-order valence-corrected chi connectivity index (χ2v) is 11.7. The Morgan fingerprint density at radius 3 is 2.23 bits per heavy atom. The van der Waals surface area contributed by atoms with E-state index in [1.807, 2.05) is 116 Å². The summed E-state index contributed by atoms with van der Waals surface area (Å²) in [4.78, 5) is 20.9. The van der Waals surface area contributed by atoms with Crippen LogP contribution < -0.4 is 14.4 Å². The molecule has 1 aromatic heterocycles. The maximum absolute atomic E-state index is 13.5. The molecule has 0 unspecified atom stereocenters. The van der Waals surface area contributed by atoms with Crippen molar-refractivity contribution in [3.05, 3.63) is 118 Å². The van der Waals surface area contributed by atoms with E-state index in [0.717, 1.165) is 27.4 Å². The Labute approximate surface area is 241 Å². The third-order valence-electron chi connectivity index (χ3n) is 6.50. The Kier molecular flexibility index (Phi) is 7.73. The van der Waals surface area contributed by atoms with Crippen LogP contribution in [-0.4, -0.2) is 28.9 Å². The minimum absolute atomic E-state index is 0.167. The van der Waals surface area contributed by atoms with Gasteiger partial charge in [-0.1, -0.05) is 71.4 Å². The van der Waals surface area contributed by atoms with Crippen LogP contribution in [0.15, 0.2) is 107 Å². The van der Waals surface area contributed by atoms with E-state index in [1.54, 1.807) is 16.2 Å². The second-order valence-electron chi connectivity index (χ2n) is 9.60. The van der Waals surface area contributed by atoms with Gasteiger partial charge in [0.25, 0.3) is 5.91 Å². The number of aryl methyl sites for hydroxylation is 2. The Morgan fingerprint density at radius 2 is 1.57 bits per heavy atom. The quantitative estimate of drug-likeness (QED) is 0.217. The lowest BCUT2D eigenvalue weighted by Crippen LogP contribution is -2.32. The molecule has 1 fully saturated rings. The van der Waals surface area contributed by atoms with Crippen LogP contribution >= 0.6 is 23.1 Å². The first-order valence-corrected chi connectivity index (χ1v) is 14.8. The number of amides is 1. The van der Waals surface area contributed by atoms with E-state index >= 15 is 0 Å². The summed E-state index contributed by atoms with van der Waals surface area (Å²) in [6, 6.07) is 29.3. The normalized spacial score (nSPS) is 21.6. The molecule has 2 aliphatic rings. The van der Waals surface area contributed by atoms with Crippen molar-refractivity contribution in [2.75, 3.05) is 4.90 Å². The Balaban J connectivity index is 1.26. The number of ether oxygens (including phenoxy) is 3. The number of rotatable bonds is 7. The van der Waals surface area contributed by atoms with Gasteiger partial charge in [0.15, 0.2) is 11.3 Å². The van der Waals surface area contributed by atoms with Crippen molar-refractivity contribution in [2.24, 2.45) is 4.99 Å². The van der Waals surface area contributed by atoms with E-state index in [9.17, 15) is 4.79 Å². The van der Waals surface area contributed by atoms with Gasteiger partial charge in [-0.2, -0.15) is 0 Å². The topological polar surface area (TPSA) is 60.4 Å². The van der Waals surface area contributed by atoms with Gasteiger partial charge in [0.05, 0.1) is 5.69 Å². The number of carbonyl (C=O) groups excluding carboxylic acids is 1. The van der Waals surface area contributed by atoms with Crippen LogP contribution in [0.3, 0.4) is 0 Å². The molecule has 1 saturated heterocycles. The summed E-state index contributed by atoms with van der Waals surface area (Å²) in [5.41, 5.74) is 3.12. The average molecular weight is 569 g/mol. The zero-order valence-corrected chi connectivity index (χ0v) is 23.7. The number of anilines is 1. The number of nitrogens with zero attached hydrogens (tertiary/aromatic N) is 2. The minimum atomic E-state index is -0.634. The molecule has 3 heterocycles. The number of para-hydroxylation sites is 1. The van der Waals surface area contributed by atoms with Crippen molar-refractivity contribution >= 4 is 45.9 Å². The molecule has 8 heteroatoms. The Hall–Kier alpha value is -3.85. The molecule has 6 rings (SSSR count). The van der Waals surface area contributed by atoms with Gasteiger partial charge < -0.3 is 14.2 Å². The van der Waals surface area contributed by atoms with Crippen molar-refractivity contribution in [3.8, 4) is 11.5 Å². The van der Waals surface area contributed by atoms with Gasteiger partial charge in [-0.05, 0) is 67.8 Å². The van der Waals surface area contributed by atoms with Gasteiger partial charge >= 0.3 is 0 Å². The van der Waals surface area contributed by atoms with Crippen LogP contribution in [0.25, 0.3) is 6.08 Å². The highest BCUT2D eigenvalue weighted by atomic mass is 32.2. The zero-order valence-electron chi connectivity index (χ0n) is 22.1. The van der Waals surface area contributed by atoms with Crippen LogP contribution in [0.1, 0.15) is 22.4 Å². The van der Waals surface area contributed by atoms with E-state index < -0.39 is 6.29 Å². The first-order chi connectivity index (χ1) is 19.5. The van der Waals surface area contributed by atoms with Gasteiger partial charge in [-0.15, -0.1) is 11.3 Å². The molecule has 0 saturated carbocycles. The molecular weight excluding hydrogens is 540 g/mol. The fourth-order valence-corrected chi connectivity index (χ4v) is 6.21. The first-order valence-electron chi connectivity index (χ1n) is 13.0. The molecule has 0 N–H and O–H groups in total. The summed E-state index contributed by atoms with van der Waals surface area (Å²) in [5.74, 6) is 1.29. The molecule has 2 aliphatic heterocycles. The number of aliphatic imine (C=N–C) groups is 1. The number of benzene rings is 3. The lowest BCUT2D eigenvalue weighted by Gasteiger charge is -2.21. The predicted molar refractivity (Wildman–Crippen MR) is 162 cm³/mol. The van der Waals surface area contributed by atoms with E-state index in [2.05, 4.69) is 0 Å². The molecule has 6 nitrogen and oxygen atoms in total. The number of thioether (sulfide) groups is 1. The fraction of sp³-hybridized carbons (Fsp3) is 0.188. The van der Waals surface area contributed by atoms with Gasteiger partial charge in [0.1, 0.15) is 22.6 Å². The number of thiophene rings is 1. The predicted octanol–water partition coefficient (Wildman–Crippen LogP) is 7.44. The Morgan fingerprint density at radius 1 is 0.900 bits per heavy atom. The van der Waals surface area contributed by atoms with Crippen LogP contribution in [-0.2, 0) is 9.53 Å². The number of carbonyl (C=O) groups is 1. The molecule has 0 bridgehead atoms. The molecule has 1 amide bonds. The van der Waals surface area contributed by atoms with Crippen molar-refractivity contribution in [3.63, 3.8) is 0 Å². The third-order valence-corrected chi connectivity index (χ3v) is 8.37.